The predicted octanol–water partition coefficient (Wildman–Crippen LogP) is -1.05. The lowest BCUT2D eigenvalue weighted by Crippen LogP contribution is -2.46. The first-order valence-electron chi connectivity index (χ1n) is 5.45. The minimum Gasteiger partial charge on any atom is -0.481 e. The number of likely N-dealkylation sites (N-methyl/N-ethyl adjacent to an activating group) is 1. The van der Waals surface area contributed by atoms with Crippen LogP contribution in [0.3, 0.4) is 0 Å². The van der Waals surface area contributed by atoms with Crippen molar-refractivity contribution in [2.75, 3.05) is 33.2 Å². The molecule has 1 saturated heterocycles. The summed E-state index contributed by atoms with van der Waals surface area (Å²) in [4.78, 5) is 26.1. The molecule has 0 saturated carbocycles. The van der Waals surface area contributed by atoms with E-state index in [1.165, 1.54) is 0 Å². The summed E-state index contributed by atoms with van der Waals surface area (Å²) in [7, 11) is 2.01. The highest BCUT2D eigenvalue weighted by Crippen LogP contribution is 2.04. The Balaban J connectivity index is 2.49. The maximum atomic E-state index is 11.8. The van der Waals surface area contributed by atoms with Crippen molar-refractivity contribution in [1.29, 1.82) is 0 Å². The lowest BCUT2D eigenvalue weighted by Gasteiger charge is -2.23. The number of hydrogen-bond donors (Lipinski definition) is 2. The maximum Gasteiger partial charge on any atom is 0.305 e. The number of carboxylic acid groups (broad SMARTS) is 1. The topological polar surface area (TPSA) is 86.9 Å². The third kappa shape index (κ3) is 3.79. The second kappa shape index (κ2) is 5.81. The maximum absolute atomic E-state index is 11.8. The van der Waals surface area contributed by atoms with E-state index in [9.17, 15) is 9.59 Å². The lowest BCUT2D eigenvalue weighted by molar-refractivity contribution is -0.141. The van der Waals surface area contributed by atoms with Crippen LogP contribution < -0.4 is 5.73 Å². The van der Waals surface area contributed by atoms with Crippen LogP contribution in [0.2, 0.25) is 0 Å². The van der Waals surface area contributed by atoms with Crippen molar-refractivity contribution < 1.29 is 14.7 Å². The smallest absolute Gasteiger partial charge is 0.305 e. The molecule has 16 heavy (non-hydrogen) atoms. The third-order valence-corrected chi connectivity index (χ3v) is 2.74. The first-order chi connectivity index (χ1) is 7.50. The van der Waals surface area contributed by atoms with Crippen molar-refractivity contribution in [2.45, 2.75) is 18.9 Å². The summed E-state index contributed by atoms with van der Waals surface area (Å²) in [5.41, 5.74) is 5.55. The van der Waals surface area contributed by atoms with Crippen LogP contribution in [0.15, 0.2) is 0 Å². The molecule has 3 N–H and O–H groups in total. The Morgan fingerprint density at radius 2 is 2.00 bits per heavy atom. The molecule has 1 rings (SSSR count). The second-order valence-corrected chi connectivity index (χ2v) is 4.19. The van der Waals surface area contributed by atoms with E-state index in [1.807, 2.05) is 7.05 Å². The molecule has 0 aromatic rings. The minimum absolute atomic E-state index is 0.252. The van der Waals surface area contributed by atoms with E-state index in [4.69, 9.17) is 10.8 Å². The number of rotatable bonds is 3. The number of carboxylic acids is 1. The van der Waals surface area contributed by atoms with E-state index in [0.717, 1.165) is 19.5 Å². The van der Waals surface area contributed by atoms with Gasteiger partial charge in [-0.25, -0.2) is 0 Å². The van der Waals surface area contributed by atoms with Crippen molar-refractivity contribution in [3.8, 4) is 0 Å². The zero-order valence-corrected chi connectivity index (χ0v) is 9.56. The second-order valence-electron chi connectivity index (χ2n) is 4.19. The summed E-state index contributed by atoms with van der Waals surface area (Å²) in [6.45, 7) is 3.06. The summed E-state index contributed by atoms with van der Waals surface area (Å²) >= 11 is 0. The van der Waals surface area contributed by atoms with Crippen LogP contribution in [0, 0.1) is 0 Å². The van der Waals surface area contributed by atoms with Gasteiger partial charge in [-0.15, -0.1) is 0 Å². The molecule has 92 valence electrons. The summed E-state index contributed by atoms with van der Waals surface area (Å²) in [5.74, 6) is -1.29. The third-order valence-electron chi connectivity index (χ3n) is 2.74. The number of aliphatic carboxylic acids is 1. The molecule has 0 aliphatic carbocycles. The van der Waals surface area contributed by atoms with Crippen molar-refractivity contribution >= 4 is 11.9 Å². The van der Waals surface area contributed by atoms with Gasteiger partial charge in [0.05, 0.1) is 12.5 Å². The molecule has 0 aromatic carbocycles. The highest BCUT2D eigenvalue weighted by Gasteiger charge is 2.24. The van der Waals surface area contributed by atoms with Gasteiger partial charge in [-0.05, 0) is 20.0 Å². The van der Waals surface area contributed by atoms with Crippen molar-refractivity contribution in [2.24, 2.45) is 5.73 Å². The molecule has 6 heteroatoms. The van der Waals surface area contributed by atoms with Gasteiger partial charge in [-0.1, -0.05) is 0 Å². The fourth-order valence-electron chi connectivity index (χ4n) is 1.78. The van der Waals surface area contributed by atoms with Gasteiger partial charge in [0.2, 0.25) is 5.91 Å². The minimum atomic E-state index is -1.03. The highest BCUT2D eigenvalue weighted by molar-refractivity contribution is 5.86. The van der Waals surface area contributed by atoms with Crippen LogP contribution in [-0.4, -0.2) is 66.1 Å². The van der Waals surface area contributed by atoms with Gasteiger partial charge in [0.1, 0.15) is 0 Å². The molecule has 1 unspecified atom stereocenters. The van der Waals surface area contributed by atoms with E-state index in [2.05, 4.69) is 4.90 Å². The molecular formula is C10H19N3O3. The SMILES string of the molecule is CN1CCCN(C(=O)C(N)CC(=O)O)CC1. The van der Waals surface area contributed by atoms with Gasteiger partial charge in [-0.2, -0.15) is 0 Å². The summed E-state index contributed by atoms with van der Waals surface area (Å²) < 4.78 is 0. The summed E-state index contributed by atoms with van der Waals surface area (Å²) in [6.07, 6.45) is 0.604. The molecule has 0 radical (unpaired) electrons. The average Bonchev–Trinajstić information content (AvgIpc) is 2.41. The van der Waals surface area contributed by atoms with Gasteiger partial charge in [0.15, 0.2) is 0 Å². The molecule has 1 atom stereocenters. The van der Waals surface area contributed by atoms with Crippen LogP contribution in [0.25, 0.3) is 0 Å². The Morgan fingerprint density at radius 3 is 2.62 bits per heavy atom. The Hall–Kier alpha value is -1.14. The number of carbonyl (C=O) groups excluding carboxylic acids is 1. The zero-order chi connectivity index (χ0) is 12.1. The molecule has 6 nitrogen and oxygen atoms in total. The van der Waals surface area contributed by atoms with E-state index in [-0.39, 0.29) is 12.3 Å². The lowest BCUT2D eigenvalue weighted by atomic mass is 10.2. The Morgan fingerprint density at radius 1 is 1.31 bits per heavy atom. The number of carbonyl (C=O) groups is 2. The fraction of sp³-hybridized carbons (Fsp3) is 0.800. The Kier molecular flexibility index (Phi) is 4.70. The molecule has 0 bridgehead atoms. The summed E-state index contributed by atoms with van der Waals surface area (Å²) in [6, 6.07) is -0.916. The first kappa shape index (κ1) is 12.9. The van der Waals surface area contributed by atoms with Gasteiger partial charge in [-0.3, -0.25) is 9.59 Å². The molecule has 0 spiro atoms. The number of nitrogens with zero attached hydrogens (tertiary/aromatic N) is 2. The van der Waals surface area contributed by atoms with Crippen molar-refractivity contribution in [3.05, 3.63) is 0 Å². The molecular weight excluding hydrogens is 210 g/mol. The number of hydrogen-bond acceptors (Lipinski definition) is 4. The summed E-state index contributed by atoms with van der Waals surface area (Å²) in [5, 5.41) is 8.57. The Bertz CT molecular complexity index is 270. The van der Waals surface area contributed by atoms with Crippen LogP contribution in [0.1, 0.15) is 12.8 Å². The molecule has 1 heterocycles. The van der Waals surface area contributed by atoms with E-state index >= 15 is 0 Å². The zero-order valence-electron chi connectivity index (χ0n) is 9.56. The van der Waals surface area contributed by atoms with Crippen LogP contribution in [0.5, 0.6) is 0 Å². The number of amides is 1. The highest BCUT2D eigenvalue weighted by atomic mass is 16.4. The van der Waals surface area contributed by atoms with Crippen LogP contribution >= 0.6 is 0 Å². The molecule has 1 amide bonds. The average molecular weight is 229 g/mol. The predicted molar refractivity (Wildman–Crippen MR) is 58.9 cm³/mol. The van der Waals surface area contributed by atoms with E-state index in [0.29, 0.717) is 13.1 Å². The molecule has 1 fully saturated rings. The van der Waals surface area contributed by atoms with Gasteiger partial charge >= 0.3 is 5.97 Å². The fourth-order valence-corrected chi connectivity index (χ4v) is 1.78. The van der Waals surface area contributed by atoms with Crippen molar-refractivity contribution in [3.63, 3.8) is 0 Å². The molecule has 1 aliphatic heterocycles. The van der Waals surface area contributed by atoms with Crippen LogP contribution in [-0.2, 0) is 9.59 Å². The van der Waals surface area contributed by atoms with E-state index in [1.54, 1.807) is 4.90 Å². The van der Waals surface area contributed by atoms with Crippen LogP contribution in [0.4, 0.5) is 0 Å². The standard InChI is InChI=1S/C10H19N3O3/c1-12-3-2-4-13(6-5-12)10(16)8(11)7-9(14)15/h8H,2-7,11H2,1H3,(H,14,15). The monoisotopic (exact) mass is 229 g/mol. The Labute approximate surface area is 95.0 Å². The number of nitrogens with two attached hydrogens (primary N) is 1. The normalized spacial score (nSPS) is 20.2. The first-order valence-corrected chi connectivity index (χ1v) is 5.45. The van der Waals surface area contributed by atoms with Gasteiger partial charge in [0, 0.05) is 19.6 Å². The quantitative estimate of drug-likeness (QED) is 0.645. The molecule has 1 aliphatic rings. The van der Waals surface area contributed by atoms with Crippen molar-refractivity contribution in [1.82, 2.24) is 9.80 Å². The largest absolute Gasteiger partial charge is 0.481 e. The van der Waals surface area contributed by atoms with E-state index < -0.39 is 12.0 Å². The molecule has 0 aromatic heterocycles. The van der Waals surface area contributed by atoms with Gasteiger partial charge < -0.3 is 20.6 Å². The van der Waals surface area contributed by atoms with Gasteiger partial charge in [0.25, 0.3) is 0 Å².